The summed E-state index contributed by atoms with van der Waals surface area (Å²) in [6.45, 7) is 2.13. The lowest BCUT2D eigenvalue weighted by molar-refractivity contribution is 0.331. The minimum Gasteiger partial charge on any atom is -0.339 e. The number of piperidine rings is 1. The zero-order chi connectivity index (χ0) is 12.9. The molecule has 0 bridgehead atoms. The van der Waals surface area contributed by atoms with E-state index in [-0.39, 0.29) is 0 Å². The summed E-state index contributed by atoms with van der Waals surface area (Å²) in [5.41, 5.74) is 0. The Labute approximate surface area is 115 Å². The standard InChI is InChI=1S/C15H25N3O/c1-2-4-7-12(6-3-1)10-14-17-15(18-19-14)13-8-5-9-16-11-13/h12-13,16H,1-11H2. The maximum absolute atomic E-state index is 5.47. The minimum atomic E-state index is 0.459. The molecule has 1 aliphatic heterocycles. The molecule has 1 unspecified atom stereocenters. The van der Waals surface area contributed by atoms with E-state index in [4.69, 9.17) is 4.52 Å². The van der Waals surface area contributed by atoms with E-state index >= 15 is 0 Å². The van der Waals surface area contributed by atoms with E-state index in [2.05, 4.69) is 15.5 Å². The Morgan fingerprint density at radius 3 is 2.63 bits per heavy atom. The van der Waals surface area contributed by atoms with E-state index in [1.165, 1.54) is 51.4 Å². The molecule has 1 saturated heterocycles. The highest BCUT2D eigenvalue weighted by atomic mass is 16.5. The molecule has 4 heteroatoms. The highest BCUT2D eigenvalue weighted by Gasteiger charge is 2.22. The van der Waals surface area contributed by atoms with Crippen molar-refractivity contribution in [1.82, 2.24) is 15.5 Å². The molecule has 0 radical (unpaired) electrons. The van der Waals surface area contributed by atoms with Crippen LogP contribution in [0.2, 0.25) is 0 Å². The monoisotopic (exact) mass is 263 g/mol. The molecule has 3 rings (SSSR count). The predicted octanol–water partition coefficient (Wildman–Crippen LogP) is 3.05. The van der Waals surface area contributed by atoms with E-state index in [0.29, 0.717) is 5.92 Å². The highest BCUT2D eigenvalue weighted by molar-refractivity contribution is 4.98. The molecule has 19 heavy (non-hydrogen) atoms. The largest absolute Gasteiger partial charge is 0.339 e. The van der Waals surface area contributed by atoms with Gasteiger partial charge >= 0.3 is 0 Å². The Kier molecular flexibility index (Phi) is 4.49. The lowest BCUT2D eigenvalue weighted by atomic mass is 9.96. The second-order valence-electron chi connectivity index (χ2n) is 6.15. The number of nitrogens with one attached hydrogen (secondary N) is 1. The van der Waals surface area contributed by atoms with Crippen molar-refractivity contribution in [3.05, 3.63) is 11.7 Å². The van der Waals surface area contributed by atoms with Crippen LogP contribution in [-0.2, 0) is 6.42 Å². The third-order valence-electron chi connectivity index (χ3n) is 4.58. The SMILES string of the molecule is C1CCCC(Cc2nc(C3CCCNC3)no2)CC1. The van der Waals surface area contributed by atoms with Crippen molar-refractivity contribution in [1.29, 1.82) is 0 Å². The first-order chi connectivity index (χ1) is 9.42. The predicted molar refractivity (Wildman–Crippen MR) is 74.0 cm³/mol. The van der Waals surface area contributed by atoms with Crippen molar-refractivity contribution in [3.8, 4) is 0 Å². The van der Waals surface area contributed by atoms with Crippen LogP contribution in [0.25, 0.3) is 0 Å². The molecule has 1 saturated carbocycles. The fourth-order valence-electron chi connectivity index (χ4n) is 3.40. The normalized spacial score (nSPS) is 26.2. The molecule has 0 aromatic carbocycles. The van der Waals surface area contributed by atoms with Gasteiger partial charge in [0.05, 0.1) is 0 Å². The van der Waals surface area contributed by atoms with Crippen LogP contribution in [0.5, 0.6) is 0 Å². The van der Waals surface area contributed by atoms with Crippen LogP contribution in [-0.4, -0.2) is 23.2 Å². The quantitative estimate of drug-likeness (QED) is 0.852. The van der Waals surface area contributed by atoms with E-state index in [0.717, 1.165) is 37.1 Å². The number of hydrogen-bond donors (Lipinski definition) is 1. The Hall–Kier alpha value is -0.900. The molecule has 1 N–H and O–H groups in total. The van der Waals surface area contributed by atoms with Gasteiger partial charge in [-0.25, -0.2) is 0 Å². The molecule has 1 aromatic rings. The van der Waals surface area contributed by atoms with Gasteiger partial charge in [-0.3, -0.25) is 0 Å². The first kappa shape index (κ1) is 13.1. The van der Waals surface area contributed by atoms with Gasteiger partial charge in [0.15, 0.2) is 5.82 Å². The molecule has 0 spiro atoms. The second kappa shape index (κ2) is 6.51. The van der Waals surface area contributed by atoms with Crippen molar-refractivity contribution in [3.63, 3.8) is 0 Å². The average molecular weight is 263 g/mol. The zero-order valence-electron chi connectivity index (χ0n) is 11.7. The zero-order valence-corrected chi connectivity index (χ0v) is 11.7. The Morgan fingerprint density at radius 1 is 1.05 bits per heavy atom. The van der Waals surface area contributed by atoms with Gasteiger partial charge in [-0.05, 0) is 38.1 Å². The molecular formula is C15H25N3O. The minimum absolute atomic E-state index is 0.459. The van der Waals surface area contributed by atoms with Crippen LogP contribution in [0.1, 0.15) is 69.0 Å². The lowest BCUT2D eigenvalue weighted by Gasteiger charge is -2.19. The number of aromatic nitrogens is 2. The topological polar surface area (TPSA) is 51.0 Å². The summed E-state index contributed by atoms with van der Waals surface area (Å²) in [7, 11) is 0. The highest BCUT2D eigenvalue weighted by Crippen LogP contribution is 2.26. The molecular weight excluding hydrogens is 238 g/mol. The summed E-state index contributed by atoms with van der Waals surface area (Å²) in [6, 6.07) is 0. The van der Waals surface area contributed by atoms with Gasteiger partial charge in [0.2, 0.25) is 5.89 Å². The van der Waals surface area contributed by atoms with Crippen LogP contribution in [0.4, 0.5) is 0 Å². The summed E-state index contributed by atoms with van der Waals surface area (Å²) >= 11 is 0. The van der Waals surface area contributed by atoms with E-state index in [1.54, 1.807) is 0 Å². The summed E-state index contributed by atoms with van der Waals surface area (Å²) in [5, 5.41) is 7.61. The smallest absolute Gasteiger partial charge is 0.226 e. The van der Waals surface area contributed by atoms with Gasteiger partial charge in [-0.2, -0.15) is 4.98 Å². The van der Waals surface area contributed by atoms with Gasteiger partial charge < -0.3 is 9.84 Å². The molecule has 1 atom stereocenters. The first-order valence-corrected chi connectivity index (χ1v) is 7.95. The van der Waals surface area contributed by atoms with E-state index in [9.17, 15) is 0 Å². The molecule has 2 aliphatic rings. The van der Waals surface area contributed by atoms with Crippen LogP contribution < -0.4 is 5.32 Å². The molecule has 2 heterocycles. The van der Waals surface area contributed by atoms with Crippen LogP contribution in [0.3, 0.4) is 0 Å². The number of hydrogen-bond acceptors (Lipinski definition) is 4. The third-order valence-corrected chi connectivity index (χ3v) is 4.58. The maximum Gasteiger partial charge on any atom is 0.226 e. The fourth-order valence-corrected chi connectivity index (χ4v) is 3.40. The van der Waals surface area contributed by atoms with Gasteiger partial charge in [-0.1, -0.05) is 30.8 Å². The lowest BCUT2D eigenvalue weighted by Crippen LogP contribution is -2.28. The van der Waals surface area contributed by atoms with Crippen molar-refractivity contribution in [2.24, 2.45) is 5.92 Å². The summed E-state index contributed by atoms with van der Waals surface area (Å²) in [5.74, 6) is 3.02. The molecule has 1 aliphatic carbocycles. The summed E-state index contributed by atoms with van der Waals surface area (Å²) in [6.07, 6.45) is 11.6. The van der Waals surface area contributed by atoms with Crippen molar-refractivity contribution >= 4 is 0 Å². The maximum atomic E-state index is 5.47. The van der Waals surface area contributed by atoms with Gasteiger partial charge in [0, 0.05) is 18.9 Å². The van der Waals surface area contributed by atoms with Gasteiger partial charge in [0.25, 0.3) is 0 Å². The second-order valence-corrected chi connectivity index (χ2v) is 6.15. The van der Waals surface area contributed by atoms with Crippen LogP contribution in [0.15, 0.2) is 4.52 Å². The van der Waals surface area contributed by atoms with Crippen LogP contribution in [0, 0.1) is 5.92 Å². The van der Waals surface area contributed by atoms with Crippen molar-refractivity contribution < 1.29 is 4.52 Å². The van der Waals surface area contributed by atoms with Crippen molar-refractivity contribution in [2.45, 2.75) is 63.7 Å². The van der Waals surface area contributed by atoms with Crippen LogP contribution >= 0.6 is 0 Å². The molecule has 2 fully saturated rings. The van der Waals surface area contributed by atoms with E-state index < -0.39 is 0 Å². The number of nitrogens with zero attached hydrogens (tertiary/aromatic N) is 2. The van der Waals surface area contributed by atoms with Crippen molar-refractivity contribution in [2.75, 3.05) is 13.1 Å². The molecule has 0 amide bonds. The fraction of sp³-hybridized carbons (Fsp3) is 0.867. The average Bonchev–Trinajstić information content (AvgIpc) is 2.76. The summed E-state index contributed by atoms with van der Waals surface area (Å²) in [4.78, 5) is 4.64. The van der Waals surface area contributed by atoms with Gasteiger partial charge in [-0.15, -0.1) is 0 Å². The first-order valence-electron chi connectivity index (χ1n) is 7.95. The third kappa shape index (κ3) is 3.56. The Balaban J connectivity index is 1.57. The number of rotatable bonds is 3. The molecule has 4 nitrogen and oxygen atoms in total. The molecule has 1 aromatic heterocycles. The van der Waals surface area contributed by atoms with Gasteiger partial charge in [0.1, 0.15) is 0 Å². The van der Waals surface area contributed by atoms with E-state index in [1.807, 2.05) is 0 Å². The Morgan fingerprint density at radius 2 is 1.89 bits per heavy atom. The Bertz CT molecular complexity index is 376. The molecule has 106 valence electrons. The summed E-state index contributed by atoms with van der Waals surface area (Å²) < 4.78 is 5.47.